The first-order valence-electron chi connectivity index (χ1n) is 11.2. The number of rotatable bonds is 9. The molecule has 198 valence electrons. The van der Waals surface area contributed by atoms with Crippen LogP contribution in [0.25, 0.3) is 0 Å². The second-order valence-electron chi connectivity index (χ2n) is 8.69. The zero-order valence-electron chi connectivity index (χ0n) is 20.1. The fourth-order valence-corrected chi connectivity index (χ4v) is 3.52. The highest BCUT2D eigenvalue weighted by Crippen LogP contribution is 2.27. The van der Waals surface area contributed by atoms with Crippen LogP contribution in [-0.2, 0) is 23.8 Å². The Hall–Kier alpha value is -3.28. The number of hydrogen-bond donors (Lipinski definition) is 3. The molecule has 3 rings (SSSR count). The van der Waals surface area contributed by atoms with E-state index in [1.807, 2.05) is 0 Å². The molecule has 10 nitrogen and oxygen atoms in total. The van der Waals surface area contributed by atoms with Crippen LogP contribution in [0.1, 0.15) is 29.8 Å². The van der Waals surface area contributed by atoms with Gasteiger partial charge >= 0.3 is 11.9 Å². The third-order valence-corrected chi connectivity index (χ3v) is 5.71. The van der Waals surface area contributed by atoms with Gasteiger partial charge in [0, 0.05) is 16.1 Å². The van der Waals surface area contributed by atoms with Gasteiger partial charge in [-0.25, -0.2) is 9.59 Å². The highest BCUT2D eigenvalue weighted by atomic mass is 35.5. The van der Waals surface area contributed by atoms with Crippen LogP contribution in [0.3, 0.4) is 0 Å². The Labute approximate surface area is 218 Å². The topological polar surface area (TPSA) is 149 Å². The Morgan fingerprint density at radius 1 is 0.973 bits per heavy atom. The highest BCUT2D eigenvalue weighted by molar-refractivity contribution is 6.30. The molecule has 0 saturated carbocycles. The molecule has 0 bridgehead atoms. The lowest BCUT2D eigenvalue weighted by Crippen LogP contribution is -2.61. The lowest BCUT2D eigenvalue weighted by Gasteiger charge is -2.39. The molecule has 1 aliphatic heterocycles. The summed E-state index contributed by atoms with van der Waals surface area (Å²) in [7, 11) is 0. The molecule has 0 radical (unpaired) electrons. The molecule has 1 aliphatic rings. The van der Waals surface area contributed by atoms with Crippen molar-refractivity contribution in [1.82, 2.24) is 0 Å². The first-order chi connectivity index (χ1) is 17.4. The van der Waals surface area contributed by atoms with E-state index in [0.29, 0.717) is 16.1 Å². The van der Waals surface area contributed by atoms with Gasteiger partial charge in [0.1, 0.15) is 30.7 Å². The van der Waals surface area contributed by atoms with Gasteiger partial charge in [0.15, 0.2) is 17.5 Å². The van der Waals surface area contributed by atoms with Crippen LogP contribution in [0.4, 0.5) is 0 Å². The summed E-state index contributed by atoms with van der Waals surface area (Å²) in [5.41, 5.74) is -0.785. The number of ketones is 1. The zero-order chi connectivity index (χ0) is 27.3. The lowest BCUT2D eigenvalue weighted by molar-refractivity contribution is -0.290. The number of halogens is 1. The van der Waals surface area contributed by atoms with Gasteiger partial charge in [0.25, 0.3) is 0 Å². The normalized spacial score (nSPS) is 23.6. The molecule has 1 saturated heterocycles. The monoisotopic (exact) mass is 534 g/mol. The fraction of sp³-hybridized carbons (Fsp3) is 0.346. The molecule has 37 heavy (non-hydrogen) atoms. The molecule has 11 heteroatoms. The molecule has 0 aromatic heterocycles. The Kier molecular flexibility index (Phi) is 9.06. The van der Waals surface area contributed by atoms with Crippen LogP contribution in [0, 0.1) is 0 Å². The largest absolute Gasteiger partial charge is 0.476 e. The van der Waals surface area contributed by atoms with E-state index >= 15 is 0 Å². The minimum absolute atomic E-state index is 0.181. The van der Waals surface area contributed by atoms with Crippen molar-refractivity contribution >= 4 is 29.3 Å². The van der Waals surface area contributed by atoms with Crippen molar-refractivity contribution in [2.75, 3.05) is 6.61 Å². The maximum absolute atomic E-state index is 12.8. The standard InChI is InChI=1S/C26H27ClO10/c1-4-13-34-23(32)22-20(30)19(29)21(31)24(35-22)36-25(33)26(2,3)37-17-11-7-15(8-12-17)18(28)14-5-9-16(27)10-6-14/h4-12,19-22,24,29-31H,1,13H2,2-3H3/t19-,20+,21+,22+,24+/m1/s1. The molecule has 3 N–H and O–H groups in total. The van der Waals surface area contributed by atoms with Crippen molar-refractivity contribution in [3.8, 4) is 5.75 Å². The average molecular weight is 535 g/mol. The number of aliphatic hydroxyl groups is 3. The summed E-state index contributed by atoms with van der Waals surface area (Å²) < 4.78 is 20.9. The fourth-order valence-electron chi connectivity index (χ4n) is 3.39. The first kappa shape index (κ1) is 28.3. The Morgan fingerprint density at radius 3 is 2.11 bits per heavy atom. The summed E-state index contributed by atoms with van der Waals surface area (Å²) >= 11 is 5.86. The molecule has 5 atom stereocenters. The van der Waals surface area contributed by atoms with E-state index < -0.39 is 48.2 Å². The quantitative estimate of drug-likeness (QED) is 0.247. The molecule has 2 aromatic carbocycles. The number of hydrogen-bond acceptors (Lipinski definition) is 10. The molecule has 1 heterocycles. The maximum atomic E-state index is 12.8. The van der Waals surface area contributed by atoms with Crippen LogP contribution in [0.2, 0.25) is 5.02 Å². The second-order valence-corrected chi connectivity index (χ2v) is 9.13. The predicted octanol–water partition coefficient (Wildman–Crippen LogP) is 1.81. The molecule has 0 spiro atoms. The minimum Gasteiger partial charge on any atom is -0.476 e. The molecule has 0 unspecified atom stereocenters. The van der Waals surface area contributed by atoms with Crippen molar-refractivity contribution in [3.63, 3.8) is 0 Å². The maximum Gasteiger partial charge on any atom is 0.352 e. The summed E-state index contributed by atoms with van der Waals surface area (Å²) in [6.07, 6.45) is -7.75. The van der Waals surface area contributed by atoms with E-state index in [4.69, 9.17) is 30.5 Å². The van der Waals surface area contributed by atoms with Gasteiger partial charge in [0.05, 0.1) is 0 Å². The number of aliphatic hydroxyl groups excluding tert-OH is 3. The van der Waals surface area contributed by atoms with Crippen LogP contribution in [0.5, 0.6) is 5.75 Å². The van der Waals surface area contributed by atoms with Gasteiger partial charge < -0.3 is 34.3 Å². The van der Waals surface area contributed by atoms with Crippen LogP contribution < -0.4 is 4.74 Å². The van der Waals surface area contributed by atoms with E-state index in [1.54, 1.807) is 24.3 Å². The highest BCUT2D eigenvalue weighted by Gasteiger charge is 2.50. The molecule has 0 aliphatic carbocycles. The van der Waals surface area contributed by atoms with E-state index in [1.165, 1.54) is 44.2 Å². The van der Waals surface area contributed by atoms with Gasteiger partial charge in [-0.2, -0.15) is 0 Å². The zero-order valence-corrected chi connectivity index (χ0v) is 20.8. The van der Waals surface area contributed by atoms with Gasteiger partial charge in [0.2, 0.25) is 6.29 Å². The minimum atomic E-state index is -1.86. The number of carbonyl (C=O) groups is 3. The van der Waals surface area contributed by atoms with Gasteiger partial charge in [-0.1, -0.05) is 24.3 Å². The first-order valence-corrected chi connectivity index (χ1v) is 11.6. The van der Waals surface area contributed by atoms with E-state index in [9.17, 15) is 29.7 Å². The summed E-state index contributed by atoms with van der Waals surface area (Å²) in [4.78, 5) is 37.6. The van der Waals surface area contributed by atoms with Crippen molar-refractivity contribution in [2.24, 2.45) is 0 Å². The number of carbonyl (C=O) groups excluding carboxylic acids is 3. The van der Waals surface area contributed by atoms with Crippen molar-refractivity contribution < 1.29 is 48.7 Å². The molecule has 1 fully saturated rings. The number of benzene rings is 2. The van der Waals surface area contributed by atoms with E-state index in [2.05, 4.69) is 6.58 Å². The summed E-state index contributed by atoms with van der Waals surface area (Å²) in [5.74, 6) is -2.03. The van der Waals surface area contributed by atoms with Gasteiger partial charge in [-0.3, -0.25) is 4.79 Å². The van der Waals surface area contributed by atoms with Crippen molar-refractivity contribution in [2.45, 2.75) is 50.2 Å². The lowest BCUT2D eigenvalue weighted by atomic mass is 9.99. The summed E-state index contributed by atoms with van der Waals surface area (Å²) in [5, 5.41) is 30.9. The number of ether oxygens (including phenoxy) is 4. The molecule has 0 amide bonds. The second kappa shape index (κ2) is 11.8. The Balaban J connectivity index is 1.66. The SMILES string of the molecule is C=CCOC(=O)[C@H]1O[C@@H](OC(=O)C(C)(C)Oc2ccc(C(=O)c3ccc(Cl)cc3)cc2)[C@@H](O)[C@H](O)[C@@H]1O. The van der Waals surface area contributed by atoms with Gasteiger partial charge in [-0.05, 0) is 62.4 Å². The van der Waals surface area contributed by atoms with E-state index in [0.717, 1.165) is 0 Å². The summed E-state index contributed by atoms with van der Waals surface area (Å²) in [6, 6.07) is 12.5. The average Bonchev–Trinajstić information content (AvgIpc) is 2.87. The third-order valence-electron chi connectivity index (χ3n) is 5.46. The van der Waals surface area contributed by atoms with Crippen molar-refractivity contribution in [3.05, 3.63) is 77.3 Å². The molecular weight excluding hydrogens is 508 g/mol. The Bertz CT molecular complexity index is 1130. The summed E-state index contributed by atoms with van der Waals surface area (Å²) in [6.45, 7) is 5.99. The van der Waals surface area contributed by atoms with Gasteiger partial charge in [-0.15, -0.1) is 0 Å². The smallest absolute Gasteiger partial charge is 0.352 e. The van der Waals surface area contributed by atoms with Crippen molar-refractivity contribution in [1.29, 1.82) is 0 Å². The van der Waals surface area contributed by atoms with Crippen LogP contribution >= 0.6 is 11.6 Å². The third kappa shape index (κ3) is 6.73. The molecule has 2 aromatic rings. The van der Waals surface area contributed by atoms with Crippen LogP contribution in [-0.4, -0.2) is 76.0 Å². The molecular formula is C26H27ClO10. The predicted molar refractivity (Wildman–Crippen MR) is 130 cm³/mol. The Morgan fingerprint density at radius 2 is 1.54 bits per heavy atom. The van der Waals surface area contributed by atoms with Crippen LogP contribution in [0.15, 0.2) is 61.2 Å². The van der Waals surface area contributed by atoms with E-state index in [-0.39, 0.29) is 18.1 Å². The number of esters is 2.